The molecule has 0 aliphatic heterocycles. The number of rotatable bonds is 3. The van der Waals surface area contributed by atoms with E-state index in [1.165, 1.54) is 0 Å². The van der Waals surface area contributed by atoms with Crippen molar-refractivity contribution < 1.29 is 9.90 Å². The summed E-state index contributed by atoms with van der Waals surface area (Å²) in [6.45, 7) is 5.52. The van der Waals surface area contributed by atoms with Crippen LogP contribution < -0.4 is 5.32 Å². The Morgan fingerprint density at radius 3 is 2.53 bits per heavy atom. The fourth-order valence-electron chi connectivity index (χ4n) is 1.33. The van der Waals surface area contributed by atoms with Gasteiger partial charge < -0.3 is 10.4 Å². The van der Waals surface area contributed by atoms with Gasteiger partial charge in [0.25, 0.3) is 0 Å². The van der Waals surface area contributed by atoms with Gasteiger partial charge in [0, 0.05) is 0 Å². The van der Waals surface area contributed by atoms with Crippen LogP contribution in [-0.4, -0.2) is 16.4 Å². The summed E-state index contributed by atoms with van der Waals surface area (Å²) in [4.78, 5) is 11.7. The molecule has 1 atom stereocenters. The number of anilines is 1. The predicted molar refractivity (Wildman–Crippen MR) is 71.0 cm³/mol. The van der Waals surface area contributed by atoms with Crippen molar-refractivity contribution in [1.29, 1.82) is 0 Å². The predicted octanol–water partition coefficient (Wildman–Crippen LogP) is 3.56. The Kier molecular flexibility index (Phi) is 4.66. The average molecular weight is 276 g/mol. The number of nitrogens with one attached hydrogen (secondary N) is 1. The van der Waals surface area contributed by atoms with Crippen LogP contribution in [0.5, 0.6) is 5.75 Å². The number of aromatic hydroxyl groups is 1. The van der Waals surface area contributed by atoms with Gasteiger partial charge in [-0.05, 0) is 30.5 Å². The van der Waals surface area contributed by atoms with E-state index in [1.54, 1.807) is 12.1 Å². The van der Waals surface area contributed by atoms with Crippen molar-refractivity contribution in [2.24, 2.45) is 5.92 Å². The van der Waals surface area contributed by atoms with Crippen LogP contribution in [0.25, 0.3) is 0 Å². The number of alkyl halides is 1. The number of hydrogen-bond acceptors (Lipinski definition) is 2. The van der Waals surface area contributed by atoms with Gasteiger partial charge in [0.15, 0.2) is 5.75 Å². The molecule has 5 heteroatoms. The Morgan fingerprint density at radius 1 is 1.41 bits per heavy atom. The Labute approximate surface area is 111 Å². The molecule has 0 spiro atoms. The van der Waals surface area contributed by atoms with Gasteiger partial charge in [-0.3, -0.25) is 4.79 Å². The number of aryl methyl sites for hydroxylation is 1. The number of hydrogen-bond donors (Lipinski definition) is 2. The van der Waals surface area contributed by atoms with E-state index in [9.17, 15) is 9.90 Å². The zero-order valence-electron chi connectivity index (χ0n) is 9.92. The van der Waals surface area contributed by atoms with E-state index in [2.05, 4.69) is 5.32 Å². The molecule has 1 aromatic rings. The molecule has 17 heavy (non-hydrogen) atoms. The van der Waals surface area contributed by atoms with Gasteiger partial charge in [-0.25, -0.2) is 0 Å². The number of carbonyl (C=O) groups excluding carboxylic acids is 1. The summed E-state index contributed by atoms with van der Waals surface area (Å²) in [5.74, 6) is -0.476. The monoisotopic (exact) mass is 275 g/mol. The fraction of sp³-hybridized carbons (Fsp3) is 0.417. The molecular weight excluding hydrogens is 261 g/mol. The second kappa shape index (κ2) is 5.61. The van der Waals surface area contributed by atoms with Crippen molar-refractivity contribution in [1.82, 2.24) is 0 Å². The minimum Gasteiger partial charge on any atom is -0.504 e. The molecule has 3 nitrogen and oxygen atoms in total. The molecule has 0 saturated heterocycles. The van der Waals surface area contributed by atoms with Gasteiger partial charge >= 0.3 is 0 Å². The lowest BCUT2D eigenvalue weighted by Gasteiger charge is -2.15. The molecule has 1 amide bonds. The second-order valence-corrected chi connectivity index (χ2v) is 5.16. The molecule has 0 aromatic heterocycles. The maximum absolute atomic E-state index is 11.7. The van der Waals surface area contributed by atoms with Gasteiger partial charge in [0.05, 0.1) is 10.7 Å². The smallest absolute Gasteiger partial charge is 0.242 e. The number of carbonyl (C=O) groups is 1. The molecule has 0 radical (unpaired) electrons. The van der Waals surface area contributed by atoms with Gasteiger partial charge in [0.2, 0.25) is 5.91 Å². The van der Waals surface area contributed by atoms with Crippen LogP contribution in [-0.2, 0) is 4.79 Å². The van der Waals surface area contributed by atoms with Crippen molar-refractivity contribution in [3.05, 3.63) is 22.7 Å². The maximum Gasteiger partial charge on any atom is 0.242 e. The van der Waals surface area contributed by atoms with Crippen molar-refractivity contribution in [3.8, 4) is 5.75 Å². The van der Waals surface area contributed by atoms with Gasteiger partial charge in [-0.1, -0.05) is 25.4 Å². The van der Waals surface area contributed by atoms with E-state index >= 15 is 0 Å². The summed E-state index contributed by atoms with van der Waals surface area (Å²) in [5.41, 5.74) is 1.13. The van der Waals surface area contributed by atoms with Crippen LogP contribution in [0.3, 0.4) is 0 Å². The first-order valence-electron chi connectivity index (χ1n) is 5.27. The Hall–Kier alpha value is -0.930. The summed E-state index contributed by atoms with van der Waals surface area (Å²) in [6, 6.07) is 3.26. The molecule has 0 aliphatic rings. The van der Waals surface area contributed by atoms with E-state index in [0.717, 1.165) is 5.56 Å². The summed E-state index contributed by atoms with van der Waals surface area (Å²) in [6.07, 6.45) is 0. The molecular formula is C12H15Cl2NO2. The number of benzene rings is 1. The van der Waals surface area contributed by atoms with Crippen LogP contribution in [0.1, 0.15) is 19.4 Å². The zero-order chi connectivity index (χ0) is 13.2. The lowest BCUT2D eigenvalue weighted by Crippen LogP contribution is -2.27. The van der Waals surface area contributed by atoms with Crippen LogP contribution >= 0.6 is 23.2 Å². The number of phenols is 1. The van der Waals surface area contributed by atoms with Crippen molar-refractivity contribution in [2.45, 2.75) is 26.1 Å². The molecule has 1 aromatic carbocycles. The fourth-order valence-corrected chi connectivity index (χ4v) is 1.66. The molecule has 0 aliphatic carbocycles. The van der Waals surface area contributed by atoms with Gasteiger partial charge in [0.1, 0.15) is 5.38 Å². The Morgan fingerprint density at radius 2 is 2.00 bits per heavy atom. The first-order valence-corrected chi connectivity index (χ1v) is 6.08. The van der Waals surface area contributed by atoms with Crippen molar-refractivity contribution >= 4 is 34.8 Å². The van der Waals surface area contributed by atoms with Crippen LogP contribution in [0, 0.1) is 12.8 Å². The molecule has 2 N–H and O–H groups in total. The molecule has 94 valence electrons. The lowest BCUT2D eigenvalue weighted by atomic mass is 10.1. The highest BCUT2D eigenvalue weighted by Gasteiger charge is 2.20. The molecule has 1 rings (SSSR count). The van der Waals surface area contributed by atoms with Crippen LogP contribution in [0.15, 0.2) is 12.1 Å². The SMILES string of the molecule is Cc1cc(Cl)c(O)c(NC(=O)C(Cl)C(C)C)c1. The summed E-state index contributed by atoms with van der Waals surface area (Å²) in [5, 5.41) is 11.8. The average Bonchev–Trinajstić information content (AvgIpc) is 2.23. The molecule has 0 heterocycles. The third-order valence-electron chi connectivity index (χ3n) is 2.30. The highest BCUT2D eigenvalue weighted by atomic mass is 35.5. The summed E-state index contributed by atoms with van der Waals surface area (Å²) < 4.78 is 0. The maximum atomic E-state index is 11.7. The number of halogens is 2. The first-order chi connectivity index (χ1) is 7.82. The third kappa shape index (κ3) is 3.51. The quantitative estimate of drug-likeness (QED) is 0.655. The van der Waals surface area contributed by atoms with Crippen LogP contribution in [0.4, 0.5) is 5.69 Å². The van der Waals surface area contributed by atoms with Crippen molar-refractivity contribution in [2.75, 3.05) is 5.32 Å². The third-order valence-corrected chi connectivity index (χ3v) is 3.29. The highest BCUT2D eigenvalue weighted by molar-refractivity contribution is 6.34. The summed E-state index contributed by atoms with van der Waals surface area (Å²) >= 11 is 11.7. The van der Waals surface area contributed by atoms with Gasteiger partial charge in [-0.2, -0.15) is 0 Å². The number of phenolic OH excluding ortho intramolecular Hbond substituents is 1. The summed E-state index contributed by atoms with van der Waals surface area (Å²) in [7, 11) is 0. The van der Waals surface area contributed by atoms with Crippen LogP contribution in [0.2, 0.25) is 5.02 Å². The standard InChI is InChI=1S/C12H15Cl2NO2/c1-6(2)10(14)12(17)15-9-5-7(3)4-8(13)11(9)16/h4-6,10,16H,1-3H3,(H,15,17). The second-order valence-electron chi connectivity index (χ2n) is 4.28. The normalized spacial score (nSPS) is 12.6. The molecule has 1 unspecified atom stereocenters. The Balaban J connectivity index is 2.92. The van der Waals surface area contributed by atoms with E-state index in [4.69, 9.17) is 23.2 Å². The van der Waals surface area contributed by atoms with Crippen molar-refractivity contribution in [3.63, 3.8) is 0 Å². The largest absolute Gasteiger partial charge is 0.504 e. The van der Waals surface area contributed by atoms with Gasteiger partial charge in [-0.15, -0.1) is 11.6 Å². The molecule has 0 saturated carbocycles. The Bertz CT molecular complexity index is 433. The van der Waals surface area contributed by atoms with E-state index in [0.29, 0.717) is 0 Å². The highest BCUT2D eigenvalue weighted by Crippen LogP contribution is 2.33. The topological polar surface area (TPSA) is 49.3 Å². The lowest BCUT2D eigenvalue weighted by molar-refractivity contribution is -0.116. The van der Waals surface area contributed by atoms with E-state index in [-0.39, 0.29) is 28.3 Å². The van der Waals surface area contributed by atoms with E-state index < -0.39 is 5.38 Å². The molecule has 0 bridgehead atoms. The molecule has 0 fully saturated rings. The van der Waals surface area contributed by atoms with E-state index in [1.807, 2.05) is 20.8 Å². The first kappa shape index (κ1) is 14.1. The number of amides is 1. The zero-order valence-corrected chi connectivity index (χ0v) is 11.4. The minimum atomic E-state index is -0.645. The minimum absolute atomic E-state index is 0.0130.